The van der Waals surface area contributed by atoms with Gasteiger partial charge in [-0.2, -0.15) is 0 Å². The Balaban J connectivity index is 0.912. The molecule has 64 heavy (non-hydrogen) atoms. The second kappa shape index (κ2) is 13.3. The molecule has 0 spiro atoms. The van der Waals surface area contributed by atoms with E-state index < -0.39 is 0 Å². The summed E-state index contributed by atoms with van der Waals surface area (Å²) in [6, 6.07) is 64.1. The van der Waals surface area contributed by atoms with Gasteiger partial charge in [0.15, 0.2) is 17.5 Å². The predicted octanol–water partition coefficient (Wildman–Crippen LogP) is 15.8. The summed E-state index contributed by atoms with van der Waals surface area (Å²) < 4.78 is 25.9. The Morgan fingerprint density at radius 1 is 0.234 bits per heavy atom. The van der Waals surface area contributed by atoms with Crippen LogP contribution in [0.25, 0.3) is 144 Å². The highest BCUT2D eigenvalue weighted by Gasteiger charge is 2.21. The minimum atomic E-state index is 0.505. The summed E-state index contributed by atoms with van der Waals surface area (Å²) in [4.78, 5) is 15.6. The van der Waals surface area contributed by atoms with Crippen LogP contribution in [0, 0.1) is 0 Å². The van der Waals surface area contributed by atoms with Crippen LogP contribution >= 0.6 is 0 Å². The third kappa shape index (κ3) is 5.25. The van der Waals surface area contributed by atoms with E-state index in [1.165, 1.54) is 0 Å². The lowest BCUT2D eigenvalue weighted by Gasteiger charge is -2.11. The first-order valence-electron chi connectivity index (χ1n) is 21.2. The van der Waals surface area contributed by atoms with Gasteiger partial charge in [0.1, 0.15) is 44.7 Å². The van der Waals surface area contributed by atoms with Crippen LogP contribution in [0.5, 0.6) is 0 Å². The van der Waals surface area contributed by atoms with Gasteiger partial charge in [-0.1, -0.05) is 133 Å². The number of para-hydroxylation sites is 6. The number of fused-ring (bicyclic) bond motifs is 12. The van der Waals surface area contributed by atoms with E-state index in [0.29, 0.717) is 17.5 Å². The Morgan fingerprint density at radius 2 is 0.625 bits per heavy atom. The second-order valence-electron chi connectivity index (χ2n) is 16.3. The Hall–Kier alpha value is -8.81. The first kappa shape index (κ1) is 34.9. The number of hydrogen-bond acceptors (Lipinski definition) is 7. The van der Waals surface area contributed by atoms with Crippen molar-refractivity contribution in [2.24, 2.45) is 0 Å². The van der Waals surface area contributed by atoms with E-state index in [-0.39, 0.29) is 0 Å². The van der Waals surface area contributed by atoms with Crippen molar-refractivity contribution in [2.75, 3.05) is 0 Å². The fourth-order valence-corrected chi connectivity index (χ4v) is 9.54. The van der Waals surface area contributed by atoms with E-state index in [9.17, 15) is 0 Å². The molecule has 5 heterocycles. The maximum atomic E-state index is 6.65. The Morgan fingerprint density at radius 3 is 1.25 bits per heavy atom. The average Bonchev–Trinajstić information content (AvgIpc) is 4.13. The quantitative estimate of drug-likeness (QED) is 0.171. The van der Waals surface area contributed by atoms with Crippen molar-refractivity contribution >= 4 is 87.8 Å². The lowest BCUT2D eigenvalue weighted by molar-refractivity contribution is 0.656. The van der Waals surface area contributed by atoms with Gasteiger partial charge in [-0.15, -0.1) is 0 Å². The van der Waals surface area contributed by atoms with Crippen molar-refractivity contribution < 1.29 is 17.7 Å². The Bertz CT molecular complexity index is 4090. The number of hydrogen-bond donors (Lipinski definition) is 0. The maximum absolute atomic E-state index is 6.65. The number of aromatic nitrogens is 3. The van der Waals surface area contributed by atoms with Crippen LogP contribution in [0.3, 0.4) is 0 Å². The molecule has 0 aliphatic heterocycles. The van der Waals surface area contributed by atoms with Gasteiger partial charge in [-0.3, -0.25) is 0 Å². The summed E-state index contributed by atoms with van der Waals surface area (Å²) in [5, 5.41) is 8.37. The van der Waals surface area contributed by atoms with Crippen molar-refractivity contribution in [3.8, 4) is 56.4 Å². The first-order chi connectivity index (χ1) is 31.7. The van der Waals surface area contributed by atoms with Crippen molar-refractivity contribution in [1.29, 1.82) is 0 Å². The molecule has 5 aromatic heterocycles. The van der Waals surface area contributed by atoms with Gasteiger partial charge in [0, 0.05) is 60.3 Å². The van der Waals surface area contributed by atoms with E-state index >= 15 is 0 Å². The lowest BCUT2D eigenvalue weighted by Crippen LogP contribution is -2.00. The molecule has 0 saturated heterocycles. The van der Waals surface area contributed by atoms with Gasteiger partial charge in [0.05, 0.1) is 11.1 Å². The molecule has 0 radical (unpaired) electrons. The fourth-order valence-electron chi connectivity index (χ4n) is 9.54. The zero-order valence-corrected chi connectivity index (χ0v) is 33.9. The summed E-state index contributed by atoms with van der Waals surface area (Å²) in [5.74, 6) is 1.54. The van der Waals surface area contributed by atoms with Crippen LogP contribution in [0.15, 0.2) is 206 Å². The van der Waals surface area contributed by atoms with Gasteiger partial charge in [-0.05, 0) is 65.2 Å². The SMILES string of the molecule is c1cc(-c2cccc(-c3cccc4c3oc3cc5oc6ccccc6c5cc34)c2)cc(-c2nc(-c3cccc4c3oc3ccccc34)nc(-c3cccc4c3oc3ccccc34)n2)c1. The van der Waals surface area contributed by atoms with Gasteiger partial charge in [0.2, 0.25) is 0 Å². The molecule has 0 aliphatic rings. The number of rotatable bonds is 5. The summed E-state index contributed by atoms with van der Waals surface area (Å²) in [7, 11) is 0. The van der Waals surface area contributed by atoms with Crippen LogP contribution < -0.4 is 0 Å². The van der Waals surface area contributed by atoms with Crippen LogP contribution in [0.4, 0.5) is 0 Å². The molecule has 9 aromatic carbocycles. The first-order valence-corrected chi connectivity index (χ1v) is 21.2. The number of benzene rings is 9. The standard InChI is InChI=1S/C57H31N3O4/c1-5-26-48-37(16-1)40-20-10-23-43(53(40)62-48)56-58-55(59-57(60-56)44-24-11-21-41-38-17-2-6-27-49(38)63-54(41)44)35-15-8-13-33(29-35)32-12-7-14-34(28-32)36-19-9-22-42-46-30-45-39-18-3-4-25-47(39)61-50(45)31-51(46)64-52(36)42/h1-31H. The molecule has 0 bridgehead atoms. The van der Waals surface area contributed by atoms with Gasteiger partial charge < -0.3 is 17.7 Å². The minimum absolute atomic E-state index is 0.505. The molecule has 14 aromatic rings. The predicted molar refractivity (Wildman–Crippen MR) is 256 cm³/mol. The highest BCUT2D eigenvalue weighted by Crippen LogP contribution is 2.42. The molecule has 7 nitrogen and oxygen atoms in total. The normalized spacial score (nSPS) is 12.1. The minimum Gasteiger partial charge on any atom is -0.456 e. The van der Waals surface area contributed by atoms with E-state index in [1.54, 1.807) is 0 Å². The molecule has 298 valence electrons. The highest BCUT2D eigenvalue weighted by atomic mass is 16.3. The van der Waals surface area contributed by atoms with Gasteiger partial charge >= 0.3 is 0 Å². The molecule has 0 atom stereocenters. The highest BCUT2D eigenvalue weighted by molar-refractivity contribution is 6.17. The van der Waals surface area contributed by atoms with E-state index in [1.807, 2.05) is 91.0 Å². The van der Waals surface area contributed by atoms with E-state index in [4.69, 9.17) is 32.6 Å². The smallest absolute Gasteiger partial charge is 0.167 e. The molecule has 0 saturated carbocycles. The molecule has 0 amide bonds. The number of furan rings is 4. The lowest BCUT2D eigenvalue weighted by atomic mass is 9.96. The Kier molecular flexibility index (Phi) is 7.27. The fraction of sp³-hybridized carbons (Fsp3) is 0. The van der Waals surface area contributed by atoms with Gasteiger partial charge in [0.25, 0.3) is 0 Å². The summed E-state index contributed by atoms with van der Waals surface area (Å²) in [6.45, 7) is 0. The van der Waals surface area contributed by atoms with Crippen LogP contribution in [-0.2, 0) is 0 Å². The molecule has 0 fully saturated rings. The van der Waals surface area contributed by atoms with Gasteiger partial charge in [-0.25, -0.2) is 15.0 Å². The zero-order valence-electron chi connectivity index (χ0n) is 33.9. The molecule has 7 heteroatoms. The number of nitrogens with zero attached hydrogens (tertiary/aromatic N) is 3. The molecule has 0 N–H and O–H groups in total. The molecular formula is C57H31N3O4. The van der Waals surface area contributed by atoms with Crippen LogP contribution in [0.2, 0.25) is 0 Å². The molecule has 14 rings (SSSR count). The van der Waals surface area contributed by atoms with E-state index in [2.05, 4.69) is 97.1 Å². The third-order valence-electron chi connectivity index (χ3n) is 12.5. The largest absolute Gasteiger partial charge is 0.456 e. The summed E-state index contributed by atoms with van der Waals surface area (Å²) in [6.07, 6.45) is 0. The zero-order chi connectivity index (χ0) is 41.9. The molecule has 0 aliphatic carbocycles. The topological polar surface area (TPSA) is 91.2 Å². The van der Waals surface area contributed by atoms with Crippen LogP contribution in [0.1, 0.15) is 0 Å². The Labute approximate surface area is 363 Å². The van der Waals surface area contributed by atoms with Crippen LogP contribution in [-0.4, -0.2) is 15.0 Å². The maximum Gasteiger partial charge on any atom is 0.167 e. The third-order valence-corrected chi connectivity index (χ3v) is 12.5. The van der Waals surface area contributed by atoms with Crippen molar-refractivity contribution in [1.82, 2.24) is 15.0 Å². The van der Waals surface area contributed by atoms with Crippen molar-refractivity contribution in [2.45, 2.75) is 0 Å². The second-order valence-corrected chi connectivity index (χ2v) is 16.3. The van der Waals surface area contributed by atoms with E-state index in [0.717, 1.165) is 127 Å². The molecular weight excluding hydrogens is 791 g/mol. The summed E-state index contributed by atoms with van der Waals surface area (Å²) in [5.41, 5.74) is 12.9. The summed E-state index contributed by atoms with van der Waals surface area (Å²) >= 11 is 0. The monoisotopic (exact) mass is 821 g/mol. The molecule has 0 unspecified atom stereocenters. The van der Waals surface area contributed by atoms with Crippen molar-refractivity contribution in [3.05, 3.63) is 188 Å². The average molecular weight is 822 g/mol. The van der Waals surface area contributed by atoms with Crippen molar-refractivity contribution in [3.63, 3.8) is 0 Å².